The number of nitrogens with one attached hydrogen (secondary N) is 2. The third-order valence-corrected chi connectivity index (χ3v) is 4.79. The molecule has 0 radical (unpaired) electrons. The summed E-state index contributed by atoms with van der Waals surface area (Å²) in [6, 6.07) is 11.3. The molecule has 1 atom stereocenters. The largest absolute Gasteiger partial charge is 0.393 e. The molecule has 3 heterocycles. The second-order valence-corrected chi connectivity index (χ2v) is 6.54. The van der Waals surface area contributed by atoms with Crippen LogP contribution in [0.4, 0.5) is 4.39 Å². The molecule has 0 aliphatic rings. The Hall–Kier alpha value is -3.61. The van der Waals surface area contributed by atoms with Gasteiger partial charge in [0.15, 0.2) is 11.5 Å². The van der Waals surface area contributed by atoms with Gasteiger partial charge in [0, 0.05) is 54.3 Å². The Labute approximate surface area is 161 Å². The maximum absolute atomic E-state index is 14.6. The molecule has 0 aliphatic carbocycles. The Morgan fingerprint density at radius 1 is 1.25 bits per heavy atom. The van der Waals surface area contributed by atoms with Crippen molar-refractivity contribution in [3.8, 4) is 0 Å². The van der Waals surface area contributed by atoms with Crippen LogP contribution in [0.2, 0.25) is 0 Å². The highest BCUT2D eigenvalue weighted by Crippen LogP contribution is 2.27. The van der Waals surface area contributed by atoms with E-state index in [0.717, 1.165) is 16.5 Å². The van der Waals surface area contributed by atoms with E-state index < -0.39 is 5.82 Å². The molecule has 1 aromatic carbocycles. The van der Waals surface area contributed by atoms with Gasteiger partial charge in [0.1, 0.15) is 5.82 Å². The lowest BCUT2D eigenvalue weighted by molar-refractivity contribution is 0.628. The molecule has 2 N–H and O–H groups in total. The van der Waals surface area contributed by atoms with Crippen LogP contribution in [0.15, 0.2) is 55.0 Å². The molecule has 0 unspecified atom stereocenters. The Balaban J connectivity index is 1.84. The molecule has 7 heteroatoms. The van der Waals surface area contributed by atoms with Gasteiger partial charge in [-0.1, -0.05) is 19.1 Å². The topological polar surface area (TPSA) is 79.0 Å². The lowest BCUT2D eigenvalue weighted by Crippen LogP contribution is -2.05. The van der Waals surface area contributed by atoms with E-state index >= 15 is 0 Å². The fraction of sp³-hybridized carbons (Fsp3) is 0.143. The highest BCUT2D eigenvalue weighted by molar-refractivity contribution is 6.08. The van der Waals surface area contributed by atoms with Gasteiger partial charge in [-0.3, -0.25) is 9.38 Å². The zero-order valence-corrected chi connectivity index (χ0v) is 15.5. The number of halogens is 1. The van der Waals surface area contributed by atoms with Gasteiger partial charge in [0.25, 0.3) is 0 Å². The van der Waals surface area contributed by atoms with Gasteiger partial charge in [0.05, 0.1) is 5.52 Å². The van der Waals surface area contributed by atoms with E-state index in [4.69, 9.17) is 5.41 Å². The molecular formula is C21H19FN6. The minimum absolute atomic E-state index is 0.106. The van der Waals surface area contributed by atoms with E-state index in [-0.39, 0.29) is 11.6 Å². The Morgan fingerprint density at radius 2 is 2.11 bits per heavy atom. The minimum atomic E-state index is -0.477. The van der Waals surface area contributed by atoms with Crippen molar-refractivity contribution in [2.45, 2.75) is 12.8 Å². The van der Waals surface area contributed by atoms with Crippen LogP contribution < -0.4 is 5.32 Å². The first-order valence-corrected chi connectivity index (χ1v) is 8.89. The number of hydrogen-bond acceptors (Lipinski definition) is 5. The smallest absolute Gasteiger partial charge is 0.196 e. The SMILES string of the molecule is CN/C=C(\C=N)c1cc(F)c2nnc([C@@H](C)c3ccc4ncccc4c3)n2c1. The monoisotopic (exact) mass is 374 g/mol. The molecule has 4 rings (SSSR count). The summed E-state index contributed by atoms with van der Waals surface area (Å²) in [6.45, 7) is 2.01. The van der Waals surface area contributed by atoms with Gasteiger partial charge >= 0.3 is 0 Å². The average Bonchev–Trinajstić information content (AvgIpc) is 3.15. The van der Waals surface area contributed by atoms with Crippen molar-refractivity contribution >= 4 is 28.3 Å². The van der Waals surface area contributed by atoms with E-state index in [0.29, 0.717) is 17.0 Å². The average molecular weight is 374 g/mol. The van der Waals surface area contributed by atoms with Crippen molar-refractivity contribution in [1.82, 2.24) is 24.9 Å². The first-order valence-electron chi connectivity index (χ1n) is 8.89. The number of allylic oxidation sites excluding steroid dienone is 1. The molecule has 0 amide bonds. The van der Waals surface area contributed by atoms with E-state index in [1.807, 2.05) is 31.2 Å². The summed E-state index contributed by atoms with van der Waals surface area (Å²) in [6.07, 6.45) is 6.36. The number of benzene rings is 1. The number of pyridine rings is 2. The summed E-state index contributed by atoms with van der Waals surface area (Å²) in [7, 11) is 1.74. The van der Waals surface area contributed by atoms with Crippen molar-refractivity contribution in [2.75, 3.05) is 7.05 Å². The van der Waals surface area contributed by atoms with Crippen molar-refractivity contribution in [2.24, 2.45) is 0 Å². The van der Waals surface area contributed by atoms with Crippen LogP contribution in [-0.2, 0) is 0 Å². The fourth-order valence-electron chi connectivity index (χ4n) is 3.30. The van der Waals surface area contributed by atoms with E-state index in [1.54, 1.807) is 30.0 Å². The molecular weight excluding hydrogens is 355 g/mol. The minimum Gasteiger partial charge on any atom is -0.393 e. The van der Waals surface area contributed by atoms with Gasteiger partial charge in [-0.2, -0.15) is 0 Å². The van der Waals surface area contributed by atoms with Crippen LogP contribution in [0.3, 0.4) is 0 Å². The number of hydrogen-bond donors (Lipinski definition) is 2. The van der Waals surface area contributed by atoms with Crippen LogP contribution in [0.1, 0.15) is 29.8 Å². The molecule has 0 fully saturated rings. The summed E-state index contributed by atoms with van der Waals surface area (Å²) in [4.78, 5) is 4.35. The number of fused-ring (bicyclic) bond motifs is 2. The maximum Gasteiger partial charge on any atom is 0.196 e. The van der Waals surface area contributed by atoms with Crippen LogP contribution in [-0.4, -0.2) is 32.8 Å². The van der Waals surface area contributed by atoms with Gasteiger partial charge in [0.2, 0.25) is 0 Å². The fourth-order valence-corrected chi connectivity index (χ4v) is 3.30. The normalized spacial score (nSPS) is 13.0. The van der Waals surface area contributed by atoms with Crippen LogP contribution in [0.25, 0.3) is 22.1 Å². The number of nitrogens with zero attached hydrogens (tertiary/aromatic N) is 4. The van der Waals surface area contributed by atoms with Gasteiger partial charge < -0.3 is 10.7 Å². The Bertz CT molecular complexity index is 1210. The molecule has 0 saturated heterocycles. The second kappa shape index (κ2) is 7.19. The third-order valence-electron chi connectivity index (χ3n) is 4.79. The van der Waals surface area contributed by atoms with Crippen molar-refractivity contribution in [3.05, 3.63) is 77.8 Å². The maximum atomic E-state index is 14.6. The molecule has 28 heavy (non-hydrogen) atoms. The predicted octanol–water partition coefficient (Wildman–Crippen LogP) is 3.78. The van der Waals surface area contributed by atoms with Gasteiger partial charge in [-0.25, -0.2) is 4.39 Å². The standard InChI is InChI=1S/C21H19FN6/c1-13(14-5-6-19-15(8-14)4-3-7-25-19)20-26-27-21-18(22)9-16(12-28(20)21)17(10-23)11-24-2/h3-13,23-24H,1-2H3/b17-11+,23-10?/t13-/m0/s1. The Morgan fingerprint density at radius 3 is 2.89 bits per heavy atom. The first kappa shape index (κ1) is 17.8. The summed E-state index contributed by atoms with van der Waals surface area (Å²) in [5.41, 5.74) is 3.27. The van der Waals surface area contributed by atoms with Crippen LogP contribution in [0.5, 0.6) is 0 Å². The molecule has 0 spiro atoms. The highest BCUT2D eigenvalue weighted by atomic mass is 19.1. The molecule has 140 valence electrons. The van der Waals surface area contributed by atoms with Gasteiger partial charge in [-0.15, -0.1) is 10.2 Å². The molecule has 0 bridgehead atoms. The number of rotatable bonds is 5. The van der Waals surface area contributed by atoms with E-state index in [2.05, 4.69) is 26.6 Å². The molecule has 6 nitrogen and oxygen atoms in total. The third kappa shape index (κ3) is 3.00. The van der Waals surface area contributed by atoms with E-state index in [1.165, 1.54) is 12.3 Å². The van der Waals surface area contributed by atoms with Gasteiger partial charge in [-0.05, 0) is 29.8 Å². The first-order chi connectivity index (χ1) is 13.6. The second-order valence-electron chi connectivity index (χ2n) is 6.54. The highest BCUT2D eigenvalue weighted by Gasteiger charge is 2.19. The summed E-state index contributed by atoms with van der Waals surface area (Å²) in [5.74, 6) is 0.0498. The van der Waals surface area contributed by atoms with Crippen LogP contribution in [0, 0.1) is 11.2 Å². The zero-order valence-electron chi connectivity index (χ0n) is 15.5. The lowest BCUT2D eigenvalue weighted by Gasteiger charge is -2.12. The predicted molar refractivity (Wildman–Crippen MR) is 108 cm³/mol. The van der Waals surface area contributed by atoms with E-state index in [9.17, 15) is 4.39 Å². The Kier molecular flexibility index (Phi) is 4.57. The summed E-state index contributed by atoms with van der Waals surface area (Å²) >= 11 is 0. The molecule has 4 aromatic rings. The van der Waals surface area contributed by atoms with Crippen molar-refractivity contribution in [3.63, 3.8) is 0 Å². The summed E-state index contributed by atoms with van der Waals surface area (Å²) < 4.78 is 16.3. The summed E-state index contributed by atoms with van der Waals surface area (Å²) in [5, 5.41) is 19.8. The molecule has 3 aromatic heterocycles. The molecule has 0 saturated carbocycles. The quantitative estimate of drug-likeness (QED) is 0.521. The lowest BCUT2D eigenvalue weighted by atomic mass is 9.98. The molecule has 0 aliphatic heterocycles. The van der Waals surface area contributed by atoms with Crippen molar-refractivity contribution < 1.29 is 4.39 Å². The zero-order chi connectivity index (χ0) is 19.7. The van der Waals surface area contributed by atoms with Crippen LogP contribution >= 0.6 is 0 Å². The number of aromatic nitrogens is 4. The van der Waals surface area contributed by atoms with Crippen molar-refractivity contribution in [1.29, 1.82) is 5.41 Å².